The number of rotatable bonds is 8. The highest BCUT2D eigenvalue weighted by atomic mass is 32.2. The summed E-state index contributed by atoms with van der Waals surface area (Å²) in [6.45, 7) is 0.0966. The van der Waals surface area contributed by atoms with Gasteiger partial charge in [-0.25, -0.2) is 4.98 Å². The van der Waals surface area contributed by atoms with Gasteiger partial charge in [-0.3, -0.25) is 9.59 Å². The molecule has 0 radical (unpaired) electrons. The molecular weight excluding hydrogens is 362 g/mol. The van der Waals surface area contributed by atoms with Crippen molar-refractivity contribution >= 4 is 34.7 Å². The zero-order chi connectivity index (χ0) is 19.2. The van der Waals surface area contributed by atoms with E-state index in [0.29, 0.717) is 5.75 Å². The first-order valence-corrected chi connectivity index (χ1v) is 9.97. The van der Waals surface area contributed by atoms with E-state index >= 15 is 0 Å². The molecule has 1 aromatic heterocycles. The lowest BCUT2D eigenvalue weighted by Gasteiger charge is -2.18. The molecule has 0 saturated heterocycles. The van der Waals surface area contributed by atoms with E-state index in [2.05, 4.69) is 10.3 Å². The fourth-order valence-electron chi connectivity index (χ4n) is 3.04. The van der Waals surface area contributed by atoms with E-state index in [-0.39, 0.29) is 18.9 Å². The minimum atomic E-state index is -0.958. The summed E-state index contributed by atoms with van der Waals surface area (Å²) in [4.78, 5) is 28.6. The Bertz CT molecular complexity index is 940. The molecule has 0 spiro atoms. The van der Waals surface area contributed by atoms with Gasteiger partial charge in [-0.05, 0) is 24.0 Å². The molecule has 1 amide bonds. The highest BCUT2D eigenvalue weighted by Gasteiger charge is 2.19. The molecule has 0 saturated carbocycles. The Kier molecular flexibility index (Phi) is 6.13. The molecule has 1 heterocycles. The minimum Gasteiger partial charge on any atom is -0.481 e. The van der Waals surface area contributed by atoms with Crippen LogP contribution in [0.2, 0.25) is 0 Å². The van der Waals surface area contributed by atoms with E-state index in [1.807, 2.05) is 65.4 Å². The lowest BCUT2D eigenvalue weighted by atomic mass is 10.0. The quantitative estimate of drug-likeness (QED) is 0.624. The van der Waals surface area contributed by atoms with Crippen LogP contribution in [-0.4, -0.2) is 32.8 Å². The molecule has 0 aliphatic rings. The number of nitrogens with one attached hydrogen (secondary N) is 1. The van der Waals surface area contributed by atoms with Crippen LogP contribution in [0.4, 0.5) is 0 Å². The third-order valence-corrected chi connectivity index (χ3v) is 4.77. The van der Waals surface area contributed by atoms with Crippen LogP contribution in [0, 0.1) is 0 Å². The van der Waals surface area contributed by atoms with Crippen molar-refractivity contribution in [3.8, 4) is 0 Å². The Balaban J connectivity index is 1.82. The summed E-state index contributed by atoms with van der Waals surface area (Å²) in [5, 5.41) is 12.1. The lowest BCUT2D eigenvalue weighted by Crippen LogP contribution is -2.33. The van der Waals surface area contributed by atoms with Gasteiger partial charge in [0.1, 0.15) is 12.4 Å². The Morgan fingerprint density at radius 2 is 1.85 bits per heavy atom. The van der Waals surface area contributed by atoms with Crippen LogP contribution in [0.1, 0.15) is 23.9 Å². The van der Waals surface area contributed by atoms with Crippen LogP contribution in [0.5, 0.6) is 0 Å². The smallest absolute Gasteiger partial charge is 0.305 e. The summed E-state index contributed by atoms with van der Waals surface area (Å²) in [6.07, 6.45) is 1.82. The van der Waals surface area contributed by atoms with Crippen molar-refractivity contribution in [3.63, 3.8) is 0 Å². The first-order chi connectivity index (χ1) is 13.1. The number of carboxylic acid groups (broad SMARTS) is 1. The molecule has 0 bridgehead atoms. The van der Waals surface area contributed by atoms with Crippen molar-refractivity contribution in [1.29, 1.82) is 0 Å². The number of carbonyl (C=O) groups excluding carboxylic acids is 1. The number of carboxylic acids is 1. The molecule has 6 nitrogen and oxygen atoms in total. The monoisotopic (exact) mass is 383 g/mol. The Hall–Kier alpha value is -2.80. The Morgan fingerprint density at radius 1 is 1.15 bits per heavy atom. The van der Waals surface area contributed by atoms with Crippen molar-refractivity contribution < 1.29 is 14.7 Å². The molecular formula is C20H21N3O3S. The molecule has 2 aromatic carbocycles. The van der Waals surface area contributed by atoms with E-state index in [4.69, 9.17) is 0 Å². The van der Waals surface area contributed by atoms with Crippen LogP contribution in [0.15, 0.2) is 54.6 Å². The second-order valence-corrected chi connectivity index (χ2v) is 7.03. The normalized spacial score (nSPS) is 12.0. The second kappa shape index (κ2) is 8.73. The van der Waals surface area contributed by atoms with Crippen molar-refractivity contribution in [2.45, 2.75) is 24.8 Å². The average Bonchev–Trinajstić information content (AvgIpc) is 2.99. The third kappa shape index (κ3) is 4.68. The van der Waals surface area contributed by atoms with E-state index in [1.165, 1.54) is 0 Å². The molecule has 3 aromatic rings. The van der Waals surface area contributed by atoms with Gasteiger partial charge in [0.05, 0.1) is 29.2 Å². The summed E-state index contributed by atoms with van der Waals surface area (Å²) in [5.41, 5.74) is 2.51. The van der Waals surface area contributed by atoms with Gasteiger partial charge in [0.15, 0.2) is 0 Å². The molecule has 3 rings (SSSR count). The van der Waals surface area contributed by atoms with Gasteiger partial charge in [-0.1, -0.05) is 42.5 Å². The lowest BCUT2D eigenvalue weighted by molar-refractivity contribution is -0.137. The zero-order valence-corrected chi connectivity index (χ0v) is 15.8. The van der Waals surface area contributed by atoms with Crippen molar-refractivity contribution in [2.24, 2.45) is 0 Å². The Labute approximate surface area is 161 Å². The number of hydrogen-bond donors (Lipinski definition) is 2. The van der Waals surface area contributed by atoms with Crippen LogP contribution in [0.3, 0.4) is 0 Å². The summed E-state index contributed by atoms with van der Waals surface area (Å²) in [5.74, 6) is 0.323. The number of para-hydroxylation sites is 2. The van der Waals surface area contributed by atoms with Crippen LogP contribution in [-0.2, 0) is 21.9 Å². The molecule has 0 aliphatic heterocycles. The van der Waals surface area contributed by atoms with E-state index in [9.17, 15) is 14.7 Å². The standard InChI is InChI=1S/C20H21N3O3S/c1-27-13-18-21-15-9-5-6-10-17(15)23(18)12-19(24)22-16(11-20(25)26)14-7-3-2-4-8-14/h2-10,16H,11-13H2,1H3,(H,22,24)(H,25,26). The molecule has 0 aliphatic carbocycles. The first kappa shape index (κ1) is 19.0. The molecule has 1 atom stereocenters. The molecule has 27 heavy (non-hydrogen) atoms. The molecule has 7 heteroatoms. The number of hydrogen-bond acceptors (Lipinski definition) is 4. The number of aromatic nitrogens is 2. The van der Waals surface area contributed by atoms with Gasteiger partial charge in [0.2, 0.25) is 5.91 Å². The maximum absolute atomic E-state index is 12.7. The number of nitrogens with zero attached hydrogens (tertiary/aromatic N) is 2. The molecule has 0 fully saturated rings. The van der Waals surface area contributed by atoms with Gasteiger partial charge in [-0.2, -0.15) is 11.8 Å². The summed E-state index contributed by atoms with van der Waals surface area (Å²) in [7, 11) is 0. The van der Waals surface area contributed by atoms with Gasteiger partial charge in [0.25, 0.3) is 0 Å². The number of aliphatic carboxylic acids is 1. The van der Waals surface area contributed by atoms with Gasteiger partial charge in [-0.15, -0.1) is 0 Å². The highest BCUT2D eigenvalue weighted by molar-refractivity contribution is 7.97. The highest BCUT2D eigenvalue weighted by Crippen LogP contribution is 2.20. The number of carbonyl (C=O) groups is 2. The second-order valence-electron chi connectivity index (χ2n) is 6.16. The molecule has 140 valence electrons. The van der Waals surface area contributed by atoms with Crippen molar-refractivity contribution in [2.75, 3.05) is 6.26 Å². The van der Waals surface area contributed by atoms with Gasteiger partial charge in [0, 0.05) is 0 Å². The van der Waals surface area contributed by atoms with Crippen LogP contribution in [0.25, 0.3) is 11.0 Å². The fraction of sp³-hybridized carbons (Fsp3) is 0.250. The number of fused-ring (bicyclic) bond motifs is 1. The maximum Gasteiger partial charge on any atom is 0.305 e. The van der Waals surface area contributed by atoms with Crippen LogP contribution < -0.4 is 5.32 Å². The Morgan fingerprint density at radius 3 is 2.56 bits per heavy atom. The first-order valence-electron chi connectivity index (χ1n) is 8.57. The molecule has 2 N–H and O–H groups in total. The SMILES string of the molecule is CSCc1nc2ccccc2n1CC(=O)NC(CC(=O)O)c1ccccc1. The third-order valence-electron chi connectivity index (χ3n) is 4.22. The minimum absolute atomic E-state index is 0.0966. The van der Waals surface area contributed by atoms with Gasteiger partial charge < -0.3 is 15.0 Å². The van der Waals surface area contributed by atoms with Crippen molar-refractivity contribution in [1.82, 2.24) is 14.9 Å². The molecule has 1 unspecified atom stereocenters. The number of benzene rings is 2. The maximum atomic E-state index is 12.7. The largest absolute Gasteiger partial charge is 0.481 e. The summed E-state index contributed by atoms with van der Waals surface area (Å²) < 4.78 is 1.89. The number of imidazole rings is 1. The number of thioether (sulfide) groups is 1. The van der Waals surface area contributed by atoms with E-state index in [0.717, 1.165) is 22.4 Å². The predicted molar refractivity (Wildman–Crippen MR) is 107 cm³/mol. The fourth-order valence-corrected chi connectivity index (χ4v) is 3.52. The predicted octanol–water partition coefficient (Wildman–Crippen LogP) is 3.23. The topological polar surface area (TPSA) is 84.2 Å². The average molecular weight is 383 g/mol. The van der Waals surface area contributed by atoms with E-state index < -0.39 is 12.0 Å². The zero-order valence-electron chi connectivity index (χ0n) is 15.0. The van der Waals surface area contributed by atoms with Crippen LogP contribution >= 0.6 is 11.8 Å². The van der Waals surface area contributed by atoms with E-state index in [1.54, 1.807) is 11.8 Å². The van der Waals surface area contributed by atoms with Gasteiger partial charge >= 0.3 is 5.97 Å². The summed E-state index contributed by atoms with van der Waals surface area (Å²) >= 11 is 1.64. The number of amides is 1. The van der Waals surface area contributed by atoms with Crippen molar-refractivity contribution in [3.05, 3.63) is 66.0 Å². The summed E-state index contributed by atoms with van der Waals surface area (Å²) in [6, 6.07) is 16.3.